The van der Waals surface area contributed by atoms with Gasteiger partial charge in [-0.1, -0.05) is 19.9 Å². The van der Waals surface area contributed by atoms with Crippen LogP contribution >= 0.6 is 0 Å². The summed E-state index contributed by atoms with van der Waals surface area (Å²) in [5.41, 5.74) is 0.529. The number of hydrogen-bond donors (Lipinski definition) is 1. The van der Waals surface area contributed by atoms with Crippen molar-refractivity contribution in [2.75, 3.05) is 39.3 Å². The Labute approximate surface area is 203 Å². The quantitative estimate of drug-likeness (QED) is 0.631. The molecule has 188 valence electrons. The predicted octanol–water partition coefficient (Wildman–Crippen LogP) is 2.72. The van der Waals surface area contributed by atoms with E-state index in [1.807, 2.05) is 12.3 Å². The van der Waals surface area contributed by atoms with Crippen LogP contribution in [0.25, 0.3) is 0 Å². The van der Waals surface area contributed by atoms with Crippen LogP contribution < -0.4 is 10.9 Å². The fourth-order valence-electron chi connectivity index (χ4n) is 5.74. The Balaban J connectivity index is 1.23. The van der Waals surface area contributed by atoms with E-state index in [-0.39, 0.29) is 24.4 Å². The molecule has 0 radical (unpaired) electrons. The van der Waals surface area contributed by atoms with Crippen molar-refractivity contribution in [1.82, 2.24) is 24.6 Å². The molecule has 1 N–H and O–H groups in total. The van der Waals surface area contributed by atoms with E-state index in [0.29, 0.717) is 18.8 Å². The maximum absolute atomic E-state index is 13.0. The summed E-state index contributed by atoms with van der Waals surface area (Å²) in [5, 5.41) is 2.32. The van der Waals surface area contributed by atoms with Crippen LogP contribution in [-0.2, 0) is 18.0 Å². The second-order valence-corrected chi connectivity index (χ2v) is 10.9. The monoisotopic (exact) mass is 471 g/mol. The Morgan fingerprint density at radius 3 is 2.29 bits per heavy atom. The number of carbonyl (C=O) groups excluding carboxylic acids is 2. The molecule has 3 aliphatic heterocycles. The Hall–Kier alpha value is -2.19. The lowest BCUT2D eigenvalue weighted by Crippen LogP contribution is -2.49. The fourth-order valence-corrected chi connectivity index (χ4v) is 5.74. The average Bonchev–Trinajstić information content (AvgIpc) is 2.80. The van der Waals surface area contributed by atoms with Gasteiger partial charge in [0, 0.05) is 44.4 Å². The summed E-state index contributed by atoms with van der Waals surface area (Å²) in [4.78, 5) is 43.0. The Morgan fingerprint density at radius 1 is 0.941 bits per heavy atom. The second-order valence-electron chi connectivity index (χ2n) is 10.9. The first-order chi connectivity index (χ1) is 16.4. The molecule has 8 nitrogen and oxygen atoms in total. The molecule has 3 fully saturated rings. The first-order valence-electron chi connectivity index (χ1n) is 13.1. The van der Waals surface area contributed by atoms with E-state index >= 15 is 0 Å². The van der Waals surface area contributed by atoms with E-state index in [0.717, 1.165) is 30.8 Å². The van der Waals surface area contributed by atoms with Crippen molar-refractivity contribution in [3.8, 4) is 0 Å². The Kier molecular flexibility index (Phi) is 8.42. The molecule has 4 rings (SSSR count). The topological polar surface area (TPSA) is 77.9 Å². The van der Waals surface area contributed by atoms with E-state index in [1.54, 1.807) is 10.6 Å². The average molecular weight is 472 g/mol. The standard InChI is InChI=1S/C26H41N5O3/c1-20(2)16-21-5-11-28(12-6-21)17-22-7-13-29(14-8-22)19-31-10-3-4-23(25(31)33)18-30-15-9-24(32)27-26(30)34/h3-4,10,20-22H,5-9,11-19H2,1-2H3,(H,27,32,34). The molecule has 3 amide bonds. The third-order valence-corrected chi connectivity index (χ3v) is 7.69. The molecule has 0 aliphatic carbocycles. The van der Waals surface area contributed by atoms with Gasteiger partial charge in [0.05, 0.1) is 13.2 Å². The van der Waals surface area contributed by atoms with Crippen LogP contribution in [0, 0.1) is 17.8 Å². The number of amides is 3. The van der Waals surface area contributed by atoms with Crippen molar-refractivity contribution in [2.45, 2.75) is 65.6 Å². The van der Waals surface area contributed by atoms with E-state index in [1.165, 1.54) is 56.6 Å². The molecule has 4 heterocycles. The molecular weight excluding hydrogens is 430 g/mol. The van der Waals surface area contributed by atoms with Crippen molar-refractivity contribution < 1.29 is 9.59 Å². The molecule has 34 heavy (non-hydrogen) atoms. The van der Waals surface area contributed by atoms with Crippen molar-refractivity contribution in [3.63, 3.8) is 0 Å². The van der Waals surface area contributed by atoms with Gasteiger partial charge in [-0.15, -0.1) is 0 Å². The summed E-state index contributed by atoms with van der Waals surface area (Å²) in [6.07, 6.45) is 8.55. The molecule has 3 aliphatic rings. The summed E-state index contributed by atoms with van der Waals surface area (Å²) in [7, 11) is 0. The summed E-state index contributed by atoms with van der Waals surface area (Å²) in [6.45, 7) is 11.6. The second kappa shape index (κ2) is 11.5. The van der Waals surface area contributed by atoms with Crippen LogP contribution in [0.15, 0.2) is 23.1 Å². The largest absolute Gasteiger partial charge is 0.324 e. The molecule has 0 bridgehead atoms. The SMILES string of the molecule is CC(C)CC1CCN(CC2CCN(Cn3cccc(CN4CCC(=O)NC4=O)c3=O)CC2)CC1. The minimum Gasteiger partial charge on any atom is -0.319 e. The molecule has 0 saturated carbocycles. The molecule has 3 saturated heterocycles. The Bertz CT molecular complexity index is 898. The van der Waals surface area contributed by atoms with Crippen molar-refractivity contribution >= 4 is 11.9 Å². The number of piperidine rings is 2. The highest BCUT2D eigenvalue weighted by Gasteiger charge is 2.26. The summed E-state index contributed by atoms with van der Waals surface area (Å²) < 4.78 is 1.75. The number of rotatable bonds is 8. The van der Waals surface area contributed by atoms with Crippen LogP contribution in [0.5, 0.6) is 0 Å². The maximum Gasteiger partial charge on any atom is 0.324 e. The van der Waals surface area contributed by atoms with Gasteiger partial charge in [0.1, 0.15) is 0 Å². The first-order valence-corrected chi connectivity index (χ1v) is 13.1. The van der Waals surface area contributed by atoms with Crippen molar-refractivity contribution in [3.05, 3.63) is 34.2 Å². The first kappa shape index (κ1) is 24.9. The molecule has 8 heteroatoms. The van der Waals surface area contributed by atoms with Gasteiger partial charge in [-0.25, -0.2) is 4.79 Å². The van der Waals surface area contributed by atoms with Crippen LogP contribution in [0.3, 0.4) is 0 Å². The smallest absolute Gasteiger partial charge is 0.319 e. The highest BCUT2D eigenvalue weighted by atomic mass is 16.2. The predicted molar refractivity (Wildman–Crippen MR) is 132 cm³/mol. The summed E-state index contributed by atoms with van der Waals surface area (Å²) in [6, 6.07) is 3.23. The highest BCUT2D eigenvalue weighted by molar-refractivity contribution is 5.96. The van der Waals surface area contributed by atoms with Gasteiger partial charge in [-0.05, 0) is 69.0 Å². The number of carbonyl (C=O) groups is 2. The number of urea groups is 1. The normalized spacial score (nSPS) is 21.9. The molecule has 1 aromatic heterocycles. The molecule has 0 atom stereocenters. The highest BCUT2D eigenvalue weighted by Crippen LogP contribution is 2.26. The molecule has 0 aromatic carbocycles. The summed E-state index contributed by atoms with van der Waals surface area (Å²) in [5.74, 6) is 2.22. The lowest BCUT2D eigenvalue weighted by atomic mass is 9.88. The number of hydrogen-bond acceptors (Lipinski definition) is 5. The van der Waals surface area contributed by atoms with Gasteiger partial charge >= 0.3 is 6.03 Å². The number of nitrogens with one attached hydrogen (secondary N) is 1. The van der Waals surface area contributed by atoms with Gasteiger partial charge in [-0.3, -0.25) is 19.8 Å². The van der Waals surface area contributed by atoms with E-state index in [4.69, 9.17) is 0 Å². The van der Waals surface area contributed by atoms with Gasteiger partial charge in [0.25, 0.3) is 5.56 Å². The number of pyridine rings is 1. The number of nitrogens with zero attached hydrogens (tertiary/aromatic N) is 4. The molecule has 0 spiro atoms. The fraction of sp³-hybridized carbons (Fsp3) is 0.731. The lowest BCUT2D eigenvalue weighted by Gasteiger charge is -2.38. The van der Waals surface area contributed by atoms with Gasteiger partial charge in [0.2, 0.25) is 5.91 Å². The minimum atomic E-state index is -0.419. The number of aromatic nitrogens is 1. The van der Waals surface area contributed by atoms with Crippen molar-refractivity contribution in [2.24, 2.45) is 17.8 Å². The van der Waals surface area contributed by atoms with Crippen LogP contribution in [-0.4, -0.2) is 70.5 Å². The van der Waals surface area contributed by atoms with Gasteiger partial charge < -0.3 is 14.4 Å². The van der Waals surface area contributed by atoms with Gasteiger partial charge in [0.15, 0.2) is 0 Å². The van der Waals surface area contributed by atoms with Gasteiger partial charge in [-0.2, -0.15) is 0 Å². The summed E-state index contributed by atoms with van der Waals surface area (Å²) >= 11 is 0. The van der Waals surface area contributed by atoms with E-state index in [2.05, 4.69) is 29.0 Å². The number of likely N-dealkylation sites (tertiary alicyclic amines) is 2. The van der Waals surface area contributed by atoms with Crippen LogP contribution in [0.4, 0.5) is 4.79 Å². The van der Waals surface area contributed by atoms with Crippen LogP contribution in [0.1, 0.15) is 57.9 Å². The zero-order valence-electron chi connectivity index (χ0n) is 20.9. The molecule has 1 aromatic rings. The van der Waals surface area contributed by atoms with Crippen molar-refractivity contribution in [1.29, 1.82) is 0 Å². The minimum absolute atomic E-state index is 0.0569. The zero-order chi connectivity index (χ0) is 24.1. The van der Waals surface area contributed by atoms with E-state index < -0.39 is 6.03 Å². The lowest BCUT2D eigenvalue weighted by molar-refractivity contribution is -0.121. The van der Waals surface area contributed by atoms with E-state index in [9.17, 15) is 14.4 Å². The Morgan fingerprint density at radius 2 is 1.62 bits per heavy atom. The van der Waals surface area contributed by atoms with Crippen LogP contribution in [0.2, 0.25) is 0 Å². The molecular formula is C26H41N5O3. The number of imide groups is 1. The zero-order valence-corrected chi connectivity index (χ0v) is 20.9. The maximum atomic E-state index is 13.0. The third-order valence-electron chi connectivity index (χ3n) is 7.69. The third kappa shape index (κ3) is 6.69. The molecule has 0 unspecified atom stereocenters.